The summed E-state index contributed by atoms with van der Waals surface area (Å²) in [6.45, 7) is 5.53. The number of anilines is 2. The van der Waals surface area contributed by atoms with Gasteiger partial charge < -0.3 is 5.73 Å². The second kappa shape index (κ2) is 3.97. The van der Waals surface area contributed by atoms with E-state index in [4.69, 9.17) is 5.73 Å². The second-order valence-corrected chi connectivity index (χ2v) is 6.62. The van der Waals surface area contributed by atoms with E-state index in [0.29, 0.717) is 11.4 Å². The van der Waals surface area contributed by atoms with Gasteiger partial charge in [0.05, 0.1) is 11.9 Å². The lowest BCUT2D eigenvalue weighted by Crippen LogP contribution is -2.45. The summed E-state index contributed by atoms with van der Waals surface area (Å²) in [5, 5.41) is 0. The molecular formula is C11H18N2O2S. The second-order valence-electron chi connectivity index (χ2n) is 4.79. The van der Waals surface area contributed by atoms with Crippen molar-refractivity contribution in [2.75, 3.05) is 16.3 Å². The lowest BCUT2D eigenvalue weighted by molar-refractivity contribution is 0.540. The zero-order valence-corrected chi connectivity index (χ0v) is 10.9. The van der Waals surface area contributed by atoms with Crippen LogP contribution in [0.2, 0.25) is 0 Å². The molecule has 0 radical (unpaired) electrons. The molecule has 0 aliphatic carbocycles. The van der Waals surface area contributed by atoms with Crippen molar-refractivity contribution in [3.8, 4) is 0 Å². The summed E-state index contributed by atoms with van der Waals surface area (Å²) in [6, 6.07) is 6.87. The van der Waals surface area contributed by atoms with Gasteiger partial charge in [-0.2, -0.15) is 0 Å². The number of nitrogen functional groups attached to an aromatic ring is 1. The van der Waals surface area contributed by atoms with E-state index in [1.54, 1.807) is 24.3 Å². The Kier molecular flexibility index (Phi) is 3.19. The Morgan fingerprint density at radius 3 is 2.19 bits per heavy atom. The van der Waals surface area contributed by atoms with Gasteiger partial charge in [-0.25, -0.2) is 8.42 Å². The molecule has 0 unspecified atom stereocenters. The molecule has 0 spiro atoms. The third kappa shape index (κ3) is 2.88. The number of benzene rings is 1. The van der Waals surface area contributed by atoms with Crippen molar-refractivity contribution in [3.63, 3.8) is 0 Å². The maximum absolute atomic E-state index is 11.8. The molecule has 0 heterocycles. The number of hydrogen-bond donors (Lipinski definition) is 1. The zero-order valence-electron chi connectivity index (χ0n) is 10.1. The standard InChI is InChI=1S/C11H18N2O2S/c1-11(2,3)13(16(4,14)15)10-7-5-6-9(12)8-10/h5-8H,12H2,1-4H3. The molecule has 0 aromatic heterocycles. The van der Waals surface area contributed by atoms with E-state index in [1.807, 2.05) is 20.8 Å². The molecule has 5 heteroatoms. The van der Waals surface area contributed by atoms with E-state index < -0.39 is 15.6 Å². The van der Waals surface area contributed by atoms with E-state index in [-0.39, 0.29) is 0 Å². The smallest absolute Gasteiger partial charge is 0.232 e. The van der Waals surface area contributed by atoms with Crippen LogP contribution in [-0.4, -0.2) is 20.2 Å². The van der Waals surface area contributed by atoms with Crippen molar-refractivity contribution in [1.29, 1.82) is 0 Å². The fourth-order valence-electron chi connectivity index (χ4n) is 1.73. The molecule has 16 heavy (non-hydrogen) atoms. The molecule has 0 aliphatic rings. The minimum atomic E-state index is -3.31. The summed E-state index contributed by atoms with van der Waals surface area (Å²) in [6.07, 6.45) is 1.20. The molecule has 0 amide bonds. The van der Waals surface area contributed by atoms with Crippen molar-refractivity contribution in [1.82, 2.24) is 0 Å². The van der Waals surface area contributed by atoms with Crippen LogP contribution >= 0.6 is 0 Å². The highest BCUT2D eigenvalue weighted by Crippen LogP contribution is 2.27. The largest absolute Gasteiger partial charge is 0.399 e. The van der Waals surface area contributed by atoms with Gasteiger partial charge in [-0.05, 0) is 39.0 Å². The minimum absolute atomic E-state index is 0.513. The Balaban J connectivity index is 3.34. The van der Waals surface area contributed by atoms with Gasteiger partial charge >= 0.3 is 0 Å². The van der Waals surface area contributed by atoms with Crippen LogP contribution in [0, 0.1) is 0 Å². The first-order valence-electron chi connectivity index (χ1n) is 4.98. The minimum Gasteiger partial charge on any atom is -0.399 e. The van der Waals surface area contributed by atoms with Crippen molar-refractivity contribution in [2.24, 2.45) is 0 Å². The SMILES string of the molecule is CC(C)(C)N(c1cccc(N)c1)S(C)(=O)=O. The van der Waals surface area contributed by atoms with Crippen LogP contribution in [0.1, 0.15) is 20.8 Å². The van der Waals surface area contributed by atoms with Crippen LogP contribution in [0.4, 0.5) is 11.4 Å². The highest BCUT2D eigenvalue weighted by molar-refractivity contribution is 7.92. The van der Waals surface area contributed by atoms with Crippen molar-refractivity contribution >= 4 is 21.4 Å². The van der Waals surface area contributed by atoms with Crippen molar-refractivity contribution in [3.05, 3.63) is 24.3 Å². The average molecular weight is 242 g/mol. The number of rotatable bonds is 2. The van der Waals surface area contributed by atoms with E-state index in [1.165, 1.54) is 10.6 Å². The molecule has 90 valence electrons. The molecule has 0 fully saturated rings. The summed E-state index contributed by atoms with van der Waals surface area (Å²) in [4.78, 5) is 0. The Morgan fingerprint density at radius 2 is 1.81 bits per heavy atom. The lowest BCUT2D eigenvalue weighted by Gasteiger charge is -2.35. The molecule has 1 aromatic rings. The number of nitrogens with zero attached hydrogens (tertiary/aromatic N) is 1. The zero-order chi connectivity index (χ0) is 12.6. The molecule has 0 bridgehead atoms. The average Bonchev–Trinajstić information content (AvgIpc) is 1.97. The van der Waals surface area contributed by atoms with Gasteiger partial charge in [-0.1, -0.05) is 6.07 Å². The van der Waals surface area contributed by atoms with Gasteiger partial charge in [0.1, 0.15) is 0 Å². The molecule has 0 saturated heterocycles. The Bertz CT molecular complexity index is 475. The summed E-state index contributed by atoms with van der Waals surface area (Å²) >= 11 is 0. The molecule has 0 atom stereocenters. The Labute approximate surface area is 97.1 Å². The van der Waals surface area contributed by atoms with Crippen LogP contribution in [0.3, 0.4) is 0 Å². The number of sulfonamides is 1. The Morgan fingerprint density at radius 1 is 1.25 bits per heavy atom. The van der Waals surface area contributed by atoms with Crippen molar-refractivity contribution in [2.45, 2.75) is 26.3 Å². The summed E-state index contributed by atoms with van der Waals surface area (Å²) < 4.78 is 24.9. The van der Waals surface area contributed by atoms with Gasteiger partial charge in [0.25, 0.3) is 0 Å². The summed E-state index contributed by atoms with van der Waals surface area (Å²) in [7, 11) is -3.31. The maximum Gasteiger partial charge on any atom is 0.232 e. The van der Waals surface area contributed by atoms with E-state index in [0.717, 1.165) is 0 Å². The topological polar surface area (TPSA) is 63.4 Å². The fraction of sp³-hybridized carbons (Fsp3) is 0.455. The molecular weight excluding hydrogens is 224 g/mol. The van der Waals surface area contributed by atoms with Crippen LogP contribution in [0.15, 0.2) is 24.3 Å². The quantitative estimate of drug-likeness (QED) is 0.805. The van der Waals surface area contributed by atoms with Crippen LogP contribution in [0.25, 0.3) is 0 Å². The predicted octanol–water partition coefficient (Wildman–Crippen LogP) is 1.83. The highest BCUT2D eigenvalue weighted by atomic mass is 32.2. The van der Waals surface area contributed by atoms with Crippen molar-refractivity contribution < 1.29 is 8.42 Å². The van der Waals surface area contributed by atoms with Gasteiger partial charge in [-0.3, -0.25) is 4.31 Å². The normalized spacial score (nSPS) is 12.5. The molecule has 2 N–H and O–H groups in total. The van der Waals surface area contributed by atoms with Gasteiger partial charge in [0, 0.05) is 11.2 Å². The van der Waals surface area contributed by atoms with Gasteiger partial charge in [0.15, 0.2) is 0 Å². The first kappa shape index (κ1) is 12.8. The molecule has 4 nitrogen and oxygen atoms in total. The molecule has 0 aliphatic heterocycles. The first-order chi connectivity index (χ1) is 7.12. The maximum atomic E-state index is 11.8. The van der Waals surface area contributed by atoms with E-state index in [9.17, 15) is 8.42 Å². The molecule has 0 saturated carbocycles. The van der Waals surface area contributed by atoms with Gasteiger partial charge in [0.2, 0.25) is 10.0 Å². The van der Waals surface area contributed by atoms with Gasteiger partial charge in [-0.15, -0.1) is 0 Å². The third-order valence-corrected chi connectivity index (χ3v) is 3.47. The monoisotopic (exact) mass is 242 g/mol. The van der Waals surface area contributed by atoms with Crippen LogP contribution < -0.4 is 10.0 Å². The summed E-state index contributed by atoms with van der Waals surface area (Å²) in [5.74, 6) is 0. The number of nitrogens with two attached hydrogens (primary N) is 1. The lowest BCUT2D eigenvalue weighted by atomic mass is 10.1. The molecule has 1 aromatic carbocycles. The number of hydrogen-bond acceptors (Lipinski definition) is 3. The fourth-order valence-corrected chi connectivity index (χ4v) is 3.22. The van der Waals surface area contributed by atoms with E-state index >= 15 is 0 Å². The van der Waals surface area contributed by atoms with E-state index in [2.05, 4.69) is 0 Å². The van der Waals surface area contributed by atoms with Crippen LogP contribution in [-0.2, 0) is 10.0 Å². The predicted molar refractivity (Wildman–Crippen MR) is 67.9 cm³/mol. The highest BCUT2D eigenvalue weighted by Gasteiger charge is 2.29. The van der Waals surface area contributed by atoms with Crippen LogP contribution in [0.5, 0.6) is 0 Å². The third-order valence-electron chi connectivity index (χ3n) is 2.05. The Hall–Kier alpha value is -1.23. The summed E-state index contributed by atoms with van der Waals surface area (Å²) in [5.41, 5.74) is 6.29. The molecule has 1 rings (SSSR count). The first-order valence-corrected chi connectivity index (χ1v) is 6.83.